The van der Waals surface area contributed by atoms with E-state index in [1.807, 2.05) is 18.7 Å². The number of carbonyl (C=O) groups is 1. The van der Waals surface area contributed by atoms with Gasteiger partial charge >= 0.3 is 6.18 Å². The topological polar surface area (TPSA) is 41.6 Å². The molecule has 1 fully saturated rings. The van der Waals surface area contributed by atoms with E-state index in [1.54, 1.807) is 6.92 Å². The van der Waals surface area contributed by atoms with E-state index in [9.17, 15) is 18.0 Å². The zero-order chi connectivity index (χ0) is 17.2. The van der Waals surface area contributed by atoms with Crippen LogP contribution in [0.15, 0.2) is 24.3 Å². The standard InChI is InChI=1S/C16H21F3N2O2/c1-10-8-21(9-11(2)23-10)12(3)15(22)20-14-7-5-4-6-13(14)16(17,18)19/h4-7,10-12H,8-9H2,1-3H3,(H,20,22). The maximum absolute atomic E-state index is 13.0. The quantitative estimate of drug-likeness (QED) is 0.926. The third-order valence-corrected chi connectivity index (χ3v) is 3.87. The van der Waals surface area contributed by atoms with Gasteiger partial charge in [0.1, 0.15) is 0 Å². The number of morpholine rings is 1. The monoisotopic (exact) mass is 330 g/mol. The molecule has 1 N–H and O–H groups in total. The van der Waals surface area contributed by atoms with Crippen molar-refractivity contribution in [1.82, 2.24) is 4.90 Å². The first kappa shape index (κ1) is 17.7. The molecule has 1 aliphatic heterocycles. The van der Waals surface area contributed by atoms with Crippen molar-refractivity contribution in [2.45, 2.75) is 45.2 Å². The van der Waals surface area contributed by atoms with Crippen molar-refractivity contribution in [2.24, 2.45) is 0 Å². The molecule has 1 aromatic rings. The van der Waals surface area contributed by atoms with Crippen LogP contribution in [0.5, 0.6) is 0 Å². The molecular weight excluding hydrogens is 309 g/mol. The predicted octanol–water partition coefficient (Wildman–Crippen LogP) is 3.14. The van der Waals surface area contributed by atoms with Crippen LogP contribution in [0, 0.1) is 0 Å². The van der Waals surface area contributed by atoms with Crippen molar-refractivity contribution < 1.29 is 22.7 Å². The summed E-state index contributed by atoms with van der Waals surface area (Å²) in [4.78, 5) is 14.3. The zero-order valence-corrected chi connectivity index (χ0v) is 13.4. The molecule has 1 heterocycles. The zero-order valence-electron chi connectivity index (χ0n) is 13.4. The van der Waals surface area contributed by atoms with Crippen LogP contribution in [0.1, 0.15) is 26.3 Å². The minimum absolute atomic E-state index is 0.0172. The number of benzene rings is 1. The molecule has 0 radical (unpaired) electrons. The second kappa shape index (κ2) is 6.88. The molecule has 3 atom stereocenters. The number of hydrogen-bond acceptors (Lipinski definition) is 3. The summed E-state index contributed by atoms with van der Waals surface area (Å²) < 4.78 is 44.5. The second-order valence-electron chi connectivity index (χ2n) is 5.92. The molecular formula is C16H21F3N2O2. The van der Waals surface area contributed by atoms with Crippen LogP contribution in [-0.4, -0.2) is 42.1 Å². The van der Waals surface area contributed by atoms with E-state index in [4.69, 9.17) is 4.74 Å². The summed E-state index contributed by atoms with van der Waals surface area (Å²) in [6, 6.07) is 4.45. The Bertz CT molecular complexity index is 553. The SMILES string of the molecule is CC1CN(C(C)C(=O)Nc2ccccc2C(F)(F)F)CC(C)O1. The summed E-state index contributed by atoms with van der Waals surface area (Å²) in [7, 11) is 0. The number of ether oxygens (including phenoxy) is 1. The van der Waals surface area contributed by atoms with Gasteiger partial charge in [0.15, 0.2) is 0 Å². The third kappa shape index (κ3) is 4.45. The van der Waals surface area contributed by atoms with Gasteiger partial charge in [-0.05, 0) is 32.9 Å². The lowest BCUT2D eigenvalue weighted by molar-refractivity contribution is -0.137. The molecule has 0 bridgehead atoms. The Labute approximate surface area is 133 Å². The highest BCUT2D eigenvalue weighted by Crippen LogP contribution is 2.34. The molecule has 3 unspecified atom stereocenters. The maximum atomic E-state index is 13.0. The van der Waals surface area contributed by atoms with Crippen LogP contribution in [0.4, 0.5) is 18.9 Å². The summed E-state index contributed by atoms with van der Waals surface area (Å²) in [5, 5.41) is 2.40. The Balaban J connectivity index is 2.10. The number of para-hydroxylation sites is 1. The van der Waals surface area contributed by atoms with Gasteiger partial charge in [0, 0.05) is 13.1 Å². The Morgan fingerprint density at radius 1 is 1.26 bits per heavy atom. The number of anilines is 1. The Kier molecular flexibility index (Phi) is 5.31. The number of nitrogens with zero attached hydrogens (tertiary/aromatic N) is 1. The van der Waals surface area contributed by atoms with Crippen molar-refractivity contribution >= 4 is 11.6 Å². The van der Waals surface area contributed by atoms with E-state index < -0.39 is 23.7 Å². The average molecular weight is 330 g/mol. The largest absolute Gasteiger partial charge is 0.418 e. The lowest BCUT2D eigenvalue weighted by atomic mass is 10.1. The van der Waals surface area contributed by atoms with E-state index >= 15 is 0 Å². The smallest absolute Gasteiger partial charge is 0.373 e. The normalized spacial score (nSPS) is 24.3. The van der Waals surface area contributed by atoms with E-state index in [0.717, 1.165) is 6.07 Å². The second-order valence-corrected chi connectivity index (χ2v) is 5.92. The van der Waals surface area contributed by atoms with Crippen molar-refractivity contribution in [3.63, 3.8) is 0 Å². The number of hydrogen-bond donors (Lipinski definition) is 1. The fourth-order valence-electron chi connectivity index (χ4n) is 2.78. The molecule has 0 aromatic heterocycles. The summed E-state index contributed by atoms with van der Waals surface area (Å²) >= 11 is 0. The highest BCUT2D eigenvalue weighted by atomic mass is 19.4. The van der Waals surface area contributed by atoms with Gasteiger partial charge in [0.25, 0.3) is 0 Å². The average Bonchev–Trinajstić information content (AvgIpc) is 2.44. The molecule has 0 saturated carbocycles. The fourth-order valence-corrected chi connectivity index (χ4v) is 2.78. The lowest BCUT2D eigenvalue weighted by Gasteiger charge is -2.38. The predicted molar refractivity (Wildman–Crippen MR) is 81.1 cm³/mol. The Hall–Kier alpha value is -1.60. The molecule has 0 spiro atoms. The minimum Gasteiger partial charge on any atom is -0.373 e. The molecule has 1 aromatic carbocycles. The fraction of sp³-hybridized carbons (Fsp3) is 0.562. The van der Waals surface area contributed by atoms with E-state index in [-0.39, 0.29) is 17.9 Å². The highest BCUT2D eigenvalue weighted by Gasteiger charge is 2.35. The van der Waals surface area contributed by atoms with Crippen LogP contribution in [0.2, 0.25) is 0 Å². The van der Waals surface area contributed by atoms with E-state index in [1.165, 1.54) is 18.2 Å². The first-order valence-electron chi connectivity index (χ1n) is 7.55. The molecule has 2 rings (SSSR count). The number of amides is 1. The number of alkyl halides is 3. The molecule has 0 aliphatic carbocycles. The molecule has 1 aliphatic rings. The lowest BCUT2D eigenvalue weighted by Crippen LogP contribution is -2.52. The van der Waals surface area contributed by atoms with Gasteiger partial charge in [-0.2, -0.15) is 13.2 Å². The number of carbonyl (C=O) groups excluding carboxylic acids is 1. The first-order valence-corrected chi connectivity index (χ1v) is 7.55. The van der Waals surface area contributed by atoms with Gasteiger partial charge in [-0.15, -0.1) is 0 Å². The summed E-state index contributed by atoms with van der Waals surface area (Å²) in [6.07, 6.45) is -4.54. The van der Waals surface area contributed by atoms with Gasteiger partial charge in [0.05, 0.1) is 29.5 Å². The first-order chi connectivity index (χ1) is 10.7. The maximum Gasteiger partial charge on any atom is 0.418 e. The van der Waals surface area contributed by atoms with Crippen molar-refractivity contribution in [1.29, 1.82) is 0 Å². The third-order valence-electron chi connectivity index (χ3n) is 3.87. The summed E-state index contributed by atoms with van der Waals surface area (Å²) in [5.74, 6) is -0.456. The molecule has 1 saturated heterocycles. The van der Waals surface area contributed by atoms with Gasteiger partial charge in [-0.3, -0.25) is 9.69 Å². The molecule has 4 nitrogen and oxygen atoms in total. The van der Waals surface area contributed by atoms with E-state index in [2.05, 4.69) is 5.32 Å². The van der Waals surface area contributed by atoms with Crippen molar-refractivity contribution in [3.8, 4) is 0 Å². The highest BCUT2D eigenvalue weighted by molar-refractivity contribution is 5.95. The van der Waals surface area contributed by atoms with Crippen LogP contribution in [0.3, 0.4) is 0 Å². The molecule has 7 heteroatoms. The van der Waals surface area contributed by atoms with Gasteiger partial charge in [-0.25, -0.2) is 0 Å². The number of halogens is 3. The Morgan fingerprint density at radius 3 is 2.39 bits per heavy atom. The minimum atomic E-state index is -4.50. The van der Waals surface area contributed by atoms with Gasteiger partial charge < -0.3 is 10.1 Å². The number of nitrogens with one attached hydrogen (secondary N) is 1. The number of rotatable bonds is 3. The van der Waals surface area contributed by atoms with Crippen LogP contribution < -0.4 is 5.32 Å². The molecule has 23 heavy (non-hydrogen) atoms. The van der Waals surface area contributed by atoms with Gasteiger partial charge in [0.2, 0.25) is 5.91 Å². The van der Waals surface area contributed by atoms with Gasteiger partial charge in [-0.1, -0.05) is 12.1 Å². The summed E-state index contributed by atoms with van der Waals surface area (Å²) in [6.45, 7) is 6.65. The van der Waals surface area contributed by atoms with Crippen molar-refractivity contribution in [2.75, 3.05) is 18.4 Å². The van der Waals surface area contributed by atoms with Crippen LogP contribution in [-0.2, 0) is 15.7 Å². The van der Waals surface area contributed by atoms with E-state index in [0.29, 0.717) is 13.1 Å². The Morgan fingerprint density at radius 2 is 1.83 bits per heavy atom. The van der Waals surface area contributed by atoms with Crippen LogP contribution in [0.25, 0.3) is 0 Å². The summed E-state index contributed by atoms with van der Waals surface area (Å²) in [5.41, 5.74) is -1.06. The van der Waals surface area contributed by atoms with Crippen molar-refractivity contribution in [3.05, 3.63) is 29.8 Å². The molecule has 1 amide bonds. The molecule has 128 valence electrons. The van der Waals surface area contributed by atoms with Crippen LogP contribution >= 0.6 is 0 Å².